The zero-order chi connectivity index (χ0) is 27.0. The molecule has 35 heavy (non-hydrogen) atoms. The average molecular weight is 499 g/mol. The van der Waals surface area contributed by atoms with Crippen molar-refractivity contribution in [3.8, 4) is 0 Å². The molecule has 0 saturated heterocycles. The summed E-state index contributed by atoms with van der Waals surface area (Å²) >= 11 is 0. The van der Waals surface area contributed by atoms with Crippen LogP contribution < -0.4 is 10.6 Å². The summed E-state index contributed by atoms with van der Waals surface area (Å²) in [4.78, 5) is 24.0. The Hall–Kier alpha value is -1.14. The predicted molar refractivity (Wildman–Crippen MR) is 147 cm³/mol. The summed E-state index contributed by atoms with van der Waals surface area (Å²) in [6, 6.07) is 0.467. The van der Waals surface area contributed by atoms with Gasteiger partial charge in [-0.25, -0.2) is 0 Å². The fraction of sp³-hybridized carbons (Fsp3) is 0.931. The topological polar surface area (TPSA) is 76.7 Å². The minimum Gasteiger partial charge on any atom is -0.466 e. The van der Waals surface area contributed by atoms with Crippen molar-refractivity contribution in [1.82, 2.24) is 10.6 Å². The van der Waals surface area contributed by atoms with Gasteiger partial charge in [0.05, 0.1) is 13.0 Å². The smallest absolute Gasteiger partial charge is 0.308 e. The standard InChI is InChI=1S/C29H58N2O4/c1-10-12-16-20-34-25(32)18-14-13-15-19-30-24(17-11-2)21-28(6,7)23-31-29(8,9)22-26(33)35-27(3,4)5/h24,30-31H,10-23H2,1-9H3. The number of rotatable bonds is 20. The average Bonchev–Trinajstić information content (AvgIpc) is 2.70. The second kappa shape index (κ2) is 17.3. The first kappa shape index (κ1) is 33.9. The van der Waals surface area contributed by atoms with Crippen LogP contribution >= 0.6 is 0 Å². The van der Waals surface area contributed by atoms with Gasteiger partial charge < -0.3 is 20.1 Å². The summed E-state index contributed by atoms with van der Waals surface area (Å²) in [5.41, 5.74) is -0.674. The number of carbonyl (C=O) groups excluding carboxylic acids is 2. The van der Waals surface area contributed by atoms with E-state index in [9.17, 15) is 9.59 Å². The molecule has 0 amide bonds. The molecular weight excluding hydrogens is 440 g/mol. The van der Waals surface area contributed by atoms with Crippen LogP contribution in [0.15, 0.2) is 0 Å². The Bertz CT molecular complexity index is 582. The molecule has 1 unspecified atom stereocenters. The number of unbranched alkanes of at least 4 members (excludes halogenated alkanes) is 4. The number of carbonyl (C=O) groups is 2. The van der Waals surface area contributed by atoms with E-state index in [1.807, 2.05) is 20.8 Å². The number of ether oxygens (including phenoxy) is 2. The van der Waals surface area contributed by atoms with Crippen LogP contribution in [0.2, 0.25) is 0 Å². The fourth-order valence-electron chi connectivity index (χ4n) is 4.13. The normalized spacial score (nSPS) is 13.5. The van der Waals surface area contributed by atoms with Crippen LogP contribution in [0.25, 0.3) is 0 Å². The van der Waals surface area contributed by atoms with E-state index in [-0.39, 0.29) is 22.9 Å². The highest BCUT2D eigenvalue weighted by atomic mass is 16.6. The van der Waals surface area contributed by atoms with Gasteiger partial charge in [0, 0.05) is 24.5 Å². The Morgan fingerprint density at radius 2 is 1.51 bits per heavy atom. The lowest BCUT2D eigenvalue weighted by molar-refractivity contribution is -0.156. The van der Waals surface area contributed by atoms with Crippen LogP contribution in [0.4, 0.5) is 0 Å². The summed E-state index contributed by atoms with van der Waals surface area (Å²) in [5, 5.41) is 7.36. The molecule has 0 rings (SSSR count). The first-order valence-corrected chi connectivity index (χ1v) is 14.1. The summed E-state index contributed by atoms with van der Waals surface area (Å²) in [5.74, 6) is -0.218. The highest BCUT2D eigenvalue weighted by molar-refractivity contribution is 5.71. The van der Waals surface area contributed by atoms with Crippen molar-refractivity contribution in [2.24, 2.45) is 5.41 Å². The summed E-state index contributed by atoms with van der Waals surface area (Å²) in [6.45, 7) is 21.2. The lowest BCUT2D eigenvalue weighted by Crippen LogP contribution is -2.47. The van der Waals surface area contributed by atoms with Gasteiger partial charge in [-0.05, 0) is 78.7 Å². The molecule has 0 aromatic rings. The maximum absolute atomic E-state index is 12.3. The summed E-state index contributed by atoms with van der Waals surface area (Å²) < 4.78 is 10.8. The molecule has 0 aromatic carbocycles. The number of hydrogen-bond acceptors (Lipinski definition) is 6. The van der Waals surface area contributed by atoms with Crippen molar-refractivity contribution >= 4 is 11.9 Å². The van der Waals surface area contributed by atoms with E-state index in [0.717, 1.165) is 70.9 Å². The first-order chi connectivity index (χ1) is 16.2. The summed E-state index contributed by atoms with van der Waals surface area (Å²) in [6.07, 6.45) is 10.5. The minimum atomic E-state index is -0.455. The van der Waals surface area contributed by atoms with Gasteiger partial charge in [-0.1, -0.05) is 53.4 Å². The molecule has 0 fully saturated rings. The van der Waals surface area contributed by atoms with Crippen LogP contribution in [0.3, 0.4) is 0 Å². The molecule has 6 heteroatoms. The van der Waals surface area contributed by atoms with E-state index in [2.05, 4.69) is 52.2 Å². The third-order valence-electron chi connectivity index (χ3n) is 5.99. The van der Waals surface area contributed by atoms with Gasteiger partial charge in [0.25, 0.3) is 0 Å². The molecule has 0 aliphatic rings. The van der Waals surface area contributed by atoms with Crippen molar-refractivity contribution in [1.29, 1.82) is 0 Å². The van der Waals surface area contributed by atoms with Crippen LogP contribution in [-0.4, -0.2) is 48.8 Å². The maximum atomic E-state index is 12.3. The van der Waals surface area contributed by atoms with Crippen molar-refractivity contribution < 1.29 is 19.1 Å². The van der Waals surface area contributed by atoms with Gasteiger partial charge in [-0.2, -0.15) is 0 Å². The predicted octanol–water partition coefficient (Wildman–Crippen LogP) is 6.55. The van der Waals surface area contributed by atoms with Crippen molar-refractivity contribution in [2.75, 3.05) is 19.7 Å². The molecule has 0 radical (unpaired) electrons. The lowest BCUT2D eigenvalue weighted by atomic mass is 9.83. The molecule has 0 heterocycles. The third kappa shape index (κ3) is 20.7. The molecule has 0 aliphatic heterocycles. The van der Waals surface area contributed by atoms with Crippen molar-refractivity contribution in [3.63, 3.8) is 0 Å². The van der Waals surface area contributed by atoms with Crippen molar-refractivity contribution in [2.45, 2.75) is 150 Å². The van der Waals surface area contributed by atoms with Gasteiger partial charge in [0.2, 0.25) is 0 Å². The molecule has 6 nitrogen and oxygen atoms in total. The second-order valence-corrected chi connectivity index (χ2v) is 12.5. The SMILES string of the molecule is CCCCCOC(=O)CCCCCNC(CCC)CC(C)(C)CNC(C)(C)CC(=O)OC(C)(C)C. The van der Waals surface area contributed by atoms with Crippen LogP contribution in [0.5, 0.6) is 0 Å². The first-order valence-electron chi connectivity index (χ1n) is 14.1. The minimum absolute atomic E-state index is 0.0539. The van der Waals surface area contributed by atoms with E-state index < -0.39 is 5.60 Å². The fourth-order valence-corrected chi connectivity index (χ4v) is 4.13. The Morgan fingerprint density at radius 3 is 2.11 bits per heavy atom. The van der Waals surface area contributed by atoms with E-state index in [1.54, 1.807) is 0 Å². The molecule has 0 aromatic heterocycles. The van der Waals surface area contributed by atoms with Gasteiger partial charge in [0.1, 0.15) is 5.60 Å². The van der Waals surface area contributed by atoms with E-state index in [4.69, 9.17) is 9.47 Å². The van der Waals surface area contributed by atoms with E-state index in [0.29, 0.717) is 25.5 Å². The molecule has 0 bridgehead atoms. The number of hydrogen-bond donors (Lipinski definition) is 2. The van der Waals surface area contributed by atoms with E-state index >= 15 is 0 Å². The molecule has 1 atom stereocenters. The molecule has 208 valence electrons. The third-order valence-corrected chi connectivity index (χ3v) is 5.99. The molecule has 2 N–H and O–H groups in total. The van der Waals surface area contributed by atoms with Gasteiger partial charge in [0.15, 0.2) is 0 Å². The zero-order valence-electron chi connectivity index (χ0n) is 24.6. The monoisotopic (exact) mass is 498 g/mol. The Morgan fingerprint density at radius 1 is 0.829 bits per heavy atom. The van der Waals surface area contributed by atoms with Gasteiger partial charge >= 0.3 is 11.9 Å². The molecular formula is C29H58N2O4. The molecule has 0 saturated carbocycles. The Labute approximate surface area is 217 Å². The highest BCUT2D eigenvalue weighted by Gasteiger charge is 2.29. The zero-order valence-corrected chi connectivity index (χ0v) is 24.6. The molecule has 0 aliphatic carbocycles. The highest BCUT2D eigenvalue weighted by Crippen LogP contribution is 2.25. The molecule has 0 spiro atoms. The second-order valence-electron chi connectivity index (χ2n) is 12.5. The van der Waals surface area contributed by atoms with Crippen LogP contribution in [-0.2, 0) is 19.1 Å². The largest absolute Gasteiger partial charge is 0.466 e. The summed E-state index contributed by atoms with van der Waals surface area (Å²) in [7, 11) is 0. The van der Waals surface area contributed by atoms with Gasteiger partial charge in [-0.15, -0.1) is 0 Å². The van der Waals surface area contributed by atoms with Crippen LogP contribution in [0.1, 0.15) is 133 Å². The van der Waals surface area contributed by atoms with Gasteiger partial charge in [-0.3, -0.25) is 9.59 Å². The number of nitrogens with one attached hydrogen (secondary N) is 2. The van der Waals surface area contributed by atoms with Crippen LogP contribution in [0, 0.1) is 5.41 Å². The van der Waals surface area contributed by atoms with E-state index in [1.165, 1.54) is 0 Å². The Kier molecular flexibility index (Phi) is 16.8. The lowest BCUT2D eigenvalue weighted by Gasteiger charge is -2.35. The maximum Gasteiger partial charge on any atom is 0.308 e. The Balaban J connectivity index is 4.31. The quantitative estimate of drug-likeness (QED) is 0.146. The van der Waals surface area contributed by atoms with Crippen molar-refractivity contribution in [3.05, 3.63) is 0 Å². The number of esters is 2.